The van der Waals surface area contributed by atoms with Crippen LogP contribution in [-0.2, 0) is 0 Å². The molecule has 15 heavy (non-hydrogen) atoms. The Labute approximate surface area is 94.6 Å². The monoisotopic (exact) mass is 214 g/mol. The SMILES string of the molecule is Cc1cccc(-c2cc(C3CC3)cs2)c1. The molecule has 0 amide bonds. The lowest BCUT2D eigenvalue weighted by molar-refractivity contribution is 1.15. The van der Waals surface area contributed by atoms with Crippen LogP contribution in [0.4, 0.5) is 0 Å². The second kappa shape index (κ2) is 3.49. The highest BCUT2D eigenvalue weighted by Crippen LogP contribution is 2.43. The molecule has 0 spiro atoms. The van der Waals surface area contributed by atoms with Crippen LogP contribution >= 0.6 is 11.3 Å². The van der Waals surface area contributed by atoms with Crippen molar-refractivity contribution in [3.63, 3.8) is 0 Å². The van der Waals surface area contributed by atoms with Crippen molar-refractivity contribution >= 4 is 11.3 Å². The van der Waals surface area contributed by atoms with Crippen molar-refractivity contribution < 1.29 is 0 Å². The van der Waals surface area contributed by atoms with Crippen molar-refractivity contribution in [2.45, 2.75) is 25.7 Å². The van der Waals surface area contributed by atoms with E-state index in [0.29, 0.717) is 0 Å². The third kappa shape index (κ3) is 1.84. The summed E-state index contributed by atoms with van der Waals surface area (Å²) in [5.41, 5.74) is 4.26. The lowest BCUT2D eigenvalue weighted by atomic mass is 10.1. The molecule has 2 aromatic rings. The van der Waals surface area contributed by atoms with Crippen LogP contribution in [-0.4, -0.2) is 0 Å². The van der Waals surface area contributed by atoms with Crippen LogP contribution in [0.5, 0.6) is 0 Å². The van der Waals surface area contributed by atoms with E-state index in [1.165, 1.54) is 28.8 Å². The molecule has 0 nitrogen and oxygen atoms in total. The van der Waals surface area contributed by atoms with Crippen molar-refractivity contribution in [1.82, 2.24) is 0 Å². The van der Waals surface area contributed by atoms with Crippen LogP contribution in [0.3, 0.4) is 0 Å². The van der Waals surface area contributed by atoms with E-state index in [1.807, 2.05) is 11.3 Å². The Morgan fingerprint density at radius 2 is 2.07 bits per heavy atom. The van der Waals surface area contributed by atoms with E-state index in [2.05, 4.69) is 42.6 Å². The summed E-state index contributed by atoms with van der Waals surface area (Å²) in [7, 11) is 0. The molecule has 0 aliphatic heterocycles. The zero-order chi connectivity index (χ0) is 10.3. The number of aryl methyl sites for hydroxylation is 1. The summed E-state index contributed by atoms with van der Waals surface area (Å²) in [6.07, 6.45) is 2.79. The molecule has 0 bridgehead atoms. The molecule has 1 heteroatoms. The van der Waals surface area contributed by atoms with E-state index >= 15 is 0 Å². The third-order valence-corrected chi connectivity index (χ3v) is 3.97. The number of hydrogen-bond acceptors (Lipinski definition) is 1. The molecule has 0 atom stereocenters. The maximum absolute atomic E-state index is 2.37. The van der Waals surface area contributed by atoms with Gasteiger partial charge in [-0.25, -0.2) is 0 Å². The Balaban J connectivity index is 1.97. The number of benzene rings is 1. The molecular weight excluding hydrogens is 200 g/mol. The normalized spacial score (nSPS) is 15.5. The minimum Gasteiger partial charge on any atom is -0.144 e. The maximum Gasteiger partial charge on any atom is 0.0345 e. The number of rotatable bonds is 2. The molecule has 0 radical (unpaired) electrons. The van der Waals surface area contributed by atoms with Crippen LogP contribution < -0.4 is 0 Å². The van der Waals surface area contributed by atoms with Gasteiger partial charge in [0.1, 0.15) is 0 Å². The summed E-state index contributed by atoms with van der Waals surface area (Å²) in [6.45, 7) is 2.15. The van der Waals surface area contributed by atoms with E-state index in [4.69, 9.17) is 0 Å². The summed E-state index contributed by atoms with van der Waals surface area (Å²) in [5.74, 6) is 0.875. The highest BCUT2D eigenvalue weighted by molar-refractivity contribution is 7.13. The average Bonchev–Trinajstić information content (AvgIpc) is 2.97. The first-order valence-corrected chi connectivity index (χ1v) is 6.36. The molecule has 3 rings (SSSR count). The lowest BCUT2D eigenvalue weighted by Gasteiger charge is -1.98. The zero-order valence-corrected chi connectivity index (χ0v) is 9.68. The largest absolute Gasteiger partial charge is 0.144 e. The lowest BCUT2D eigenvalue weighted by Crippen LogP contribution is -1.75. The summed E-state index contributed by atoms with van der Waals surface area (Å²) in [5, 5.41) is 2.33. The molecule has 1 fully saturated rings. The topological polar surface area (TPSA) is 0 Å². The zero-order valence-electron chi connectivity index (χ0n) is 8.86. The smallest absolute Gasteiger partial charge is 0.0345 e. The second-order valence-corrected chi connectivity index (χ2v) is 5.30. The highest BCUT2D eigenvalue weighted by Gasteiger charge is 2.24. The Morgan fingerprint density at radius 3 is 2.80 bits per heavy atom. The van der Waals surface area contributed by atoms with Gasteiger partial charge in [0, 0.05) is 4.88 Å². The van der Waals surface area contributed by atoms with E-state index < -0.39 is 0 Å². The molecule has 1 aliphatic carbocycles. The second-order valence-electron chi connectivity index (χ2n) is 4.39. The van der Waals surface area contributed by atoms with E-state index in [-0.39, 0.29) is 0 Å². The van der Waals surface area contributed by atoms with Crippen molar-refractivity contribution in [2.75, 3.05) is 0 Å². The summed E-state index contributed by atoms with van der Waals surface area (Å²) < 4.78 is 0. The molecule has 0 unspecified atom stereocenters. The van der Waals surface area contributed by atoms with Gasteiger partial charge in [-0.05, 0) is 48.3 Å². The van der Waals surface area contributed by atoms with Crippen LogP contribution in [0.25, 0.3) is 10.4 Å². The van der Waals surface area contributed by atoms with Gasteiger partial charge in [-0.2, -0.15) is 0 Å². The fourth-order valence-electron chi connectivity index (χ4n) is 1.93. The Kier molecular flexibility index (Phi) is 2.14. The summed E-state index contributed by atoms with van der Waals surface area (Å²) >= 11 is 1.88. The molecule has 0 saturated heterocycles. The van der Waals surface area contributed by atoms with Gasteiger partial charge in [-0.15, -0.1) is 11.3 Å². The van der Waals surface area contributed by atoms with Gasteiger partial charge in [0.2, 0.25) is 0 Å². The van der Waals surface area contributed by atoms with Crippen molar-refractivity contribution in [3.8, 4) is 10.4 Å². The van der Waals surface area contributed by atoms with Gasteiger partial charge in [0.25, 0.3) is 0 Å². The minimum absolute atomic E-state index is 0.875. The standard InChI is InChI=1S/C14H14S/c1-10-3-2-4-12(7-10)14-8-13(9-15-14)11-5-6-11/h2-4,7-9,11H,5-6H2,1H3. The predicted molar refractivity (Wildman–Crippen MR) is 66.5 cm³/mol. The highest BCUT2D eigenvalue weighted by atomic mass is 32.1. The number of thiophene rings is 1. The van der Waals surface area contributed by atoms with Crippen LogP contribution in [0.2, 0.25) is 0 Å². The molecule has 1 saturated carbocycles. The van der Waals surface area contributed by atoms with E-state index in [9.17, 15) is 0 Å². The van der Waals surface area contributed by atoms with Crippen molar-refractivity contribution in [2.24, 2.45) is 0 Å². The van der Waals surface area contributed by atoms with E-state index in [1.54, 1.807) is 5.56 Å². The van der Waals surface area contributed by atoms with Gasteiger partial charge in [-0.3, -0.25) is 0 Å². The first-order valence-electron chi connectivity index (χ1n) is 5.48. The Morgan fingerprint density at radius 1 is 1.20 bits per heavy atom. The van der Waals surface area contributed by atoms with Gasteiger partial charge in [0.15, 0.2) is 0 Å². The third-order valence-electron chi connectivity index (χ3n) is 2.97. The molecule has 76 valence electrons. The Hall–Kier alpha value is -1.08. The Bertz CT molecular complexity index is 478. The predicted octanol–water partition coefficient (Wildman–Crippen LogP) is 4.60. The molecule has 0 N–H and O–H groups in total. The van der Waals surface area contributed by atoms with Crippen molar-refractivity contribution in [3.05, 3.63) is 46.8 Å². The van der Waals surface area contributed by atoms with Gasteiger partial charge in [-0.1, -0.05) is 29.8 Å². The van der Waals surface area contributed by atoms with E-state index in [0.717, 1.165) is 5.92 Å². The fourth-order valence-corrected chi connectivity index (χ4v) is 2.92. The summed E-state index contributed by atoms with van der Waals surface area (Å²) in [6, 6.07) is 11.1. The number of hydrogen-bond donors (Lipinski definition) is 0. The quantitative estimate of drug-likeness (QED) is 0.685. The van der Waals surface area contributed by atoms with Crippen LogP contribution in [0.1, 0.15) is 29.9 Å². The maximum atomic E-state index is 2.37. The molecule has 1 aromatic heterocycles. The van der Waals surface area contributed by atoms with Crippen LogP contribution in [0, 0.1) is 6.92 Å². The summed E-state index contributed by atoms with van der Waals surface area (Å²) in [4.78, 5) is 1.42. The van der Waals surface area contributed by atoms with Gasteiger partial charge in [0.05, 0.1) is 0 Å². The molecule has 1 aliphatic rings. The fraction of sp³-hybridized carbons (Fsp3) is 0.286. The molecule has 1 heterocycles. The first kappa shape index (κ1) is 9.17. The van der Waals surface area contributed by atoms with Gasteiger partial charge < -0.3 is 0 Å². The minimum atomic E-state index is 0.875. The average molecular weight is 214 g/mol. The molecule has 1 aromatic carbocycles. The first-order chi connectivity index (χ1) is 7.33. The van der Waals surface area contributed by atoms with Crippen LogP contribution in [0.15, 0.2) is 35.7 Å². The molecular formula is C14H14S. The van der Waals surface area contributed by atoms with Gasteiger partial charge >= 0.3 is 0 Å². The van der Waals surface area contributed by atoms with Crippen molar-refractivity contribution in [1.29, 1.82) is 0 Å².